The molecule has 0 radical (unpaired) electrons. The van der Waals surface area contributed by atoms with Gasteiger partial charge < -0.3 is 16.2 Å². The molecule has 6 nitrogen and oxygen atoms in total. The monoisotopic (exact) mass is 237 g/mol. The highest BCUT2D eigenvalue weighted by Gasteiger charge is 2.02. The van der Waals surface area contributed by atoms with E-state index in [1.165, 1.54) is 12.3 Å². The first-order valence-electron chi connectivity index (χ1n) is 5.31. The highest BCUT2D eigenvalue weighted by atomic mass is 16.4. The number of primary amides is 1. The van der Waals surface area contributed by atoms with Crippen LogP contribution in [0.2, 0.25) is 0 Å². The molecule has 0 aliphatic heterocycles. The fourth-order valence-electron chi connectivity index (χ4n) is 1.27. The van der Waals surface area contributed by atoms with Crippen LogP contribution in [-0.4, -0.2) is 28.5 Å². The lowest BCUT2D eigenvalue weighted by atomic mass is 10.2. The number of nitrogens with zero attached hydrogens (tertiary/aromatic N) is 1. The number of nitrogens with one attached hydrogen (secondary N) is 1. The summed E-state index contributed by atoms with van der Waals surface area (Å²) in [5.74, 6) is -0.673. The summed E-state index contributed by atoms with van der Waals surface area (Å²) in [7, 11) is 0. The first-order chi connectivity index (χ1) is 8.09. The molecule has 1 amide bonds. The van der Waals surface area contributed by atoms with E-state index in [0.717, 1.165) is 12.8 Å². The number of aromatic carboxylic acids is 1. The van der Waals surface area contributed by atoms with Crippen LogP contribution >= 0.6 is 0 Å². The number of carboxylic acid groups (broad SMARTS) is 1. The Kier molecular flexibility index (Phi) is 4.93. The molecule has 0 saturated heterocycles. The zero-order valence-electron chi connectivity index (χ0n) is 9.35. The van der Waals surface area contributed by atoms with Crippen molar-refractivity contribution in [2.24, 2.45) is 5.73 Å². The van der Waals surface area contributed by atoms with Crippen molar-refractivity contribution in [2.75, 3.05) is 11.9 Å². The molecule has 4 N–H and O–H groups in total. The van der Waals surface area contributed by atoms with Gasteiger partial charge >= 0.3 is 5.97 Å². The van der Waals surface area contributed by atoms with Crippen molar-refractivity contribution in [1.82, 2.24) is 4.98 Å². The van der Waals surface area contributed by atoms with E-state index in [4.69, 9.17) is 10.8 Å². The maximum Gasteiger partial charge on any atom is 0.337 e. The molecule has 0 aliphatic rings. The zero-order chi connectivity index (χ0) is 12.7. The van der Waals surface area contributed by atoms with E-state index in [2.05, 4.69) is 10.3 Å². The molecule has 0 atom stereocenters. The lowest BCUT2D eigenvalue weighted by Gasteiger charge is -2.04. The van der Waals surface area contributed by atoms with Crippen molar-refractivity contribution in [2.45, 2.75) is 19.3 Å². The topological polar surface area (TPSA) is 105 Å². The Morgan fingerprint density at radius 1 is 1.35 bits per heavy atom. The Balaban J connectivity index is 2.27. The van der Waals surface area contributed by atoms with Crippen LogP contribution in [0.1, 0.15) is 29.6 Å². The summed E-state index contributed by atoms with van der Waals surface area (Å²) >= 11 is 0. The number of nitrogens with two attached hydrogens (primary N) is 1. The second kappa shape index (κ2) is 6.47. The van der Waals surface area contributed by atoms with E-state index in [9.17, 15) is 9.59 Å². The van der Waals surface area contributed by atoms with Crippen LogP contribution in [0, 0.1) is 0 Å². The van der Waals surface area contributed by atoms with Gasteiger partial charge in [-0.1, -0.05) is 0 Å². The number of hydrogen-bond donors (Lipinski definition) is 3. The highest BCUT2D eigenvalue weighted by molar-refractivity contribution is 5.87. The Labute approximate surface area is 98.8 Å². The molecule has 1 rings (SSSR count). The van der Waals surface area contributed by atoms with Crippen LogP contribution in [0.25, 0.3) is 0 Å². The van der Waals surface area contributed by atoms with Crippen molar-refractivity contribution in [1.29, 1.82) is 0 Å². The van der Waals surface area contributed by atoms with Gasteiger partial charge in [-0.2, -0.15) is 0 Å². The molecule has 0 saturated carbocycles. The SMILES string of the molecule is NC(=O)CCCCNc1ccc(C(=O)O)cn1. The number of hydrogen-bond acceptors (Lipinski definition) is 4. The van der Waals surface area contributed by atoms with E-state index in [1.54, 1.807) is 6.07 Å². The largest absolute Gasteiger partial charge is 0.478 e. The lowest BCUT2D eigenvalue weighted by Crippen LogP contribution is -2.11. The summed E-state index contributed by atoms with van der Waals surface area (Å²) < 4.78 is 0. The van der Waals surface area contributed by atoms with Crippen LogP contribution < -0.4 is 11.1 Å². The van der Waals surface area contributed by atoms with Crippen molar-refractivity contribution >= 4 is 17.7 Å². The number of amides is 1. The Hall–Kier alpha value is -2.11. The summed E-state index contributed by atoms with van der Waals surface area (Å²) in [6.07, 6.45) is 3.22. The lowest BCUT2D eigenvalue weighted by molar-refractivity contribution is -0.118. The Morgan fingerprint density at radius 3 is 2.65 bits per heavy atom. The van der Waals surface area contributed by atoms with Crippen LogP contribution in [0.4, 0.5) is 5.82 Å². The molecular formula is C11H15N3O3. The van der Waals surface area contributed by atoms with E-state index in [1.807, 2.05) is 0 Å². The maximum absolute atomic E-state index is 10.6. The fourth-order valence-corrected chi connectivity index (χ4v) is 1.27. The van der Waals surface area contributed by atoms with Crippen molar-refractivity contribution < 1.29 is 14.7 Å². The summed E-state index contributed by atoms with van der Waals surface area (Å²) in [5.41, 5.74) is 5.16. The molecule has 1 aromatic rings. The minimum atomic E-state index is -0.995. The number of anilines is 1. The van der Waals surface area contributed by atoms with Gasteiger partial charge in [0.15, 0.2) is 0 Å². The van der Waals surface area contributed by atoms with Gasteiger partial charge in [-0.15, -0.1) is 0 Å². The van der Waals surface area contributed by atoms with Crippen molar-refractivity contribution in [3.05, 3.63) is 23.9 Å². The quantitative estimate of drug-likeness (QED) is 0.609. The van der Waals surface area contributed by atoms with Crippen LogP contribution in [0.15, 0.2) is 18.3 Å². The molecule has 0 fully saturated rings. The molecule has 1 aromatic heterocycles. The molecule has 1 heterocycles. The summed E-state index contributed by atoms with van der Waals surface area (Å²) in [6, 6.07) is 3.10. The fraction of sp³-hybridized carbons (Fsp3) is 0.364. The molecule has 0 aliphatic carbocycles. The number of unbranched alkanes of at least 4 members (excludes halogenated alkanes) is 1. The van der Waals surface area contributed by atoms with E-state index < -0.39 is 5.97 Å². The smallest absolute Gasteiger partial charge is 0.337 e. The molecule has 0 spiro atoms. The maximum atomic E-state index is 10.6. The third-order valence-electron chi connectivity index (χ3n) is 2.17. The number of carboxylic acids is 1. The van der Waals surface area contributed by atoms with Gasteiger partial charge in [0.05, 0.1) is 5.56 Å². The standard InChI is InChI=1S/C11H15N3O3/c12-9(15)3-1-2-6-13-10-5-4-8(7-14-10)11(16)17/h4-5,7H,1-3,6H2,(H2,12,15)(H,13,14)(H,16,17). The molecule has 92 valence electrons. The van der Waals surface area contributed by atoms with Gasteiger partial charge in [0.25, 0.3) is 0 Å². The average molecular weight is 237 g/mol. The average Bonchev–Trinajstić information content (AvgIpc) is 2.29. The van der Waals surface area contributed by atoms with Crippen LogP contribution in [0.3, 0.4) is 0 Å². The highest BCUT2D eigenvalue weighted by Crippen LogP contribution is 2.05. The van der Waals surface area contributed by atoms with E-state index in [0.29, 0.717) is 18.8 Å². The zero-order valence-corrected chi connectivity index (χ0v) is 9.35. The van der Waals surface area contributed by atoms with Crippen LogP contribution in [0.5, 0.6) is 0 Å². The molecule has 0 unspecified atom stereocenters. The number of carbonyl (C=O) groups is 2. The van der Waals surface area contributed by atoms with E-state index in [-0.39, 0.29) is 11.5 Å². The Bertz CT molecular complexity index is 389. The third-order valence-corrected chi connectivity index (χ3v) is 2.17. The van der Waals surface area contributed by atoms with E-state index >= 15 is 0 Å². The molecule has 17 heavy (non-hydrogen) atoms. The van der Waals surface area contributed by atoms with Crippen molar-refractivity contribution in [3.63, 3.8) is 0 Å². The number of aromatic nitrogens is 1. The second-order valence-corrected chi connectivity index (χ2v) is 3.59. The first-order valence-corrected chi connectivity index (χ1v) is 5.31. The minimum absolute atomic E-state index is 0.157. The normalized spacial score (nSPS) is 9.88. The van der Waals surface area contributed by atoms with Gasteiger partial charge in [-0.05, 0) is 25.0 Å². The van der Waals surface area contributed by atoms with Gasteiger partial charge in [0, 0.05) is 19.2 Å². The molecule has 6 heteroatoms. The predicted molar refractivity (Wildman–Crippen MR) is 62.7 cm³/mol. The summed E-state index contributed by atoms with van der Waals surface area (Å²) in [5, 5.41) is 11.7. The van der Waals surface area contributed by atoms with Crippen LogP contribution in [-0.2, 0) is 4.79 Å². The first kappa shape index (κ1) is 13.0. The predicted octanol–water partition coefficient (Wildman–Crippen LogP) is 0.847. The molecule has 0 bridgehead atoms. The number of pyridine rings is 1. The molecule has 0 aromatic carbocycles. The van der Waals surface area contributed by atoms with Gasteiger partial charge in [-0.25, -0.2) is 9.78 Å². The second-order valence-electron chi connectivity index (χ2n) is 3.59. The van der Waals surface area contributed by atoms with Gasteiger partial charge in [-0.3, -0.25) is 4.79 Å². The summed E-state index contributed by atoms with van der Waals surface area (Å²) in [6.45, 7) is 0.673. The number of carbonyl (C=O) groups excluding carboxylic acids is 1. The summed E-state index contributed by atoms with van der Waals surface area (Å²) in [4.78, 5) is 25.0. The van der Waals surface area contributed by atoms with Crippen molar-refractivity contribution in [3.8, 4) is 0 Å². The Morgan fingerprint density at radius 2 is 2.12 bits per heavy atom. The number of rotatable bonds is 7. The van der Waals surface area contributed by atoms with Gasteiger partial charge in [0.2, 0.25) is 5.91 Å². The van der Waals surface area contributed by atoms with Gasteiger partial charge in [0.1, 0.15) is 5.82 Å². The minimum Gasteiger partial charge on any atom is -0.478 e. The third kappa shape index (κ3) is 4.96. The molecular weight excluding hydrogens is 222 g/mol.